The number of ether oxygens (including phenoxy) is 1. The number of esters is 1. The Hall–Kier alpha value is -2.32. The molecule has 8 nitrogen and oxygen atoms in total. The normalized spacial score (nSPS) is 23.9. The third-order valence-electron chi connectivity index (χ3n) is 6.46. The number of imide groups is 1. The molecule has 1 aliphatic carbocycles. The zero-order chi connectivity index (χ0) is 24.6. The standard InChI is InChI=1S/C23H29Cl2N3O5/c1-13(19(30)26-17-11-15(24)5-6-16(17)25)33-18(29)12-28-20(31)23(27-21(28)32)9-7-14(8-10-23)22(2,3)4/h5-6,11,13-14H,7-10,12H2,1-4H3,(H,26,30)(H,27,32)/t13-,14?,23?/m0/s1. The highest BCUT2D eigenvalue weighted by Crippen LogP contribution is 2.43. The summed E-state index contributed by atoms with van der Waals surface area (Å²) < 4.78 is 5.15. The number of carbonyl (C=O) groups is 4. The molecule has 0 radical (unpaired) electrons. The molecule has 1 saturated carbocycles. The van der Waals surface area contributed by atoms with Crippen molar-refractivity contribution < 1.29 is 23.9 Å². The average Bonchev–Trinajstić information content (AvgIpc) is 2.94. The summed E-state index contributed by atoms with van der Waals surface area (Å²) in [5.74, 6) is -1.45. The highest BCUT2D eigenvalue weighted by Gasteiger charge is 2.53. The van der Waals surface area contributed by atoms with Gasteiger partial charge in [-0.2, -0.15) is 0 Å². The van der Waals surface area contributed by atoms with Gasteiger partial charge in [0.15, 0.2) is 6.10 Å². The van der Waals surface area contributed by atoms with Gasteiger partial charge >= 0.3 is 12.0 Å². The smallest absolute Gasteiger partial charge is 0.327 e. The summed E-state index contributed by atoms with van der Waals surface area (Å²) in [5.41, 5.74) is -0.562. The summed E-state index contributed by atoms with van der Waals surface area (Å²) in [5, 5.41) is 5.98. The van der Waals surface area contributed by atoms with E-state index in [2.05, 4.69) is 31.4 Å². The molecule has 1 aromatic rings. The van der Waals surface area contributed by atoms with E-state index in [1.807, 2.05) is 0 Å². The fourth-order valence-corrected chi connectivity index (χ4v) is 4.72. The lowest BCUT2D eigenvalue weighted by Gasteiger charge is -2.40. The van der Waals surface area contributed by atoms with E-state index in [1.54, 1.807) is 6.07 Å². The van der Waals surface area contributed by atoms with Crippen molar-refractivity contribution in [2.45, 2.75) is 65.0 Å². The molecule has 33 heavy (non-hydrogen) atoms. The van der Waals surface area contributed by atoms with Gasteiger partial charge < -0.3 is 15.4 Å². The number of rotatable bonds is 5. The molecule has 0 bridgehead atoms. The molecule has 2 aliphatic rings. The van der Waals surface area contributed by atoms with Gasteiger partial charge in [0, 0.05) is 5.02 Å². The zero-order valence-corrected chi connectivity index (χ0v) is 20.7. The topological polar surface area (TPSA) is 105 Å². The molecule has 2 fully saturated rings. The van der Waals surface area contributed by atoms with Gasteiger partial charge in [-0.1, -0.05) is 44.0 Å². The lowest BCUT2D eigenvalue weighted by Crippen LogP contribution is -2.50. The molecule has 1 aromatic carbocycles. The molecule has 180 valence electrons. The number of hydrogen-bond acceptors (Lipinski definition) is 5. The van der Waals surface area contributed by atoms with Crippen LogP contribution in [0.3, 0.4) is 0 Å². The van der Waals surface area contributed by atoms with Gasteiger partial charge in [-0.15, -0.1) is 0 Å². The van der Waals surface area contributed by atoms with Crippen LogP contribution in [0, 0.1) is 11.3 Å². The quantitative estimate of drug-likeness (QED) is 0.463. The Morgan fingerprint density at radius 1 is 1.24 bits per heavy atom. The molecular weight excluding hydrogens is 469 g/mol. The molecule has 1 atom stereocenters. The Bertz CT molecular complexity index is 967. The van der Waals surface area contributed by atoms with Gasteiger partial charge in [0.25, 0.3) is 11.8 Å². The van der Waals surface area contributed by atoms with Gasteiger partial charge in [-0.05, 0) is 62.1 Å². The zero-order valence-electron chi connectivity index (χ0n) is 19.2. The number of halogens is 2. The van der Waals surface area contributed by atoms with Gasteiger partial charge in [0.1, 0.15) is 12.1 Å². The molecule has 10 heteroatoms. The number of carbonyl (C=O) groups excluding carboxylic acids is 4. The molecular formula is C23H29Cl2N3O5. The number of anilines is 1. The predicted molar refractivity (Wildman–Crippen MR) is 125 cm³/mol. The van der Waals surface area contributed by atoms with Crippen molar-refractivity contribution in [1.29, 1.82) is 0 Å². The van der Waals surface area contributed by atoms with Crippen molar-refractivity contribution >= 4 is 52.7 Å². The van der Waals surface area contributed by atoms with Crippen molar-refractivity contribution in [2.24, 2.45) is 11.3 Å². The van der Waals surface area contributed by atoms with Crippen molar-refractivity contribution in [3.05, 3.63) is 28.2 Å². The first-order chi connectivity index (χ1) is 15.3. The van der Waals surface area contributed by atoms with Gasteiger partial charge in [-0.25, -0.2) is 4.79 Å². The van der Waals surface area contributed by atoms with E-state index in [0.717, 1.165) is 17.7 Å². The molecule has 1 spiro atoms. The number of nitrogens with zero attached hydrogens (tertiary/aromatic N) is 1. The first-order valence-corrected chi connectivity index (χ1v) is 11.7. The van der Waals surface area contributed by atoms with Crippen LogP contribution in [-0.4, -0.2) is 46.9 Å². The fourth-order valence-electron chi connectivity index (χ4n) is 4.38. The summed E-state index contributed by atoms with van der Waals surface area (Å²) in [7, 11) is 0. The molecule has 1 saturated heterocycles. The van der Waals surface area contributed by atoms with Crippen LogP contribution in [0.15, 0.2) is 18.2 Å². The first kappa shape index (κ1) is 25.3. The van der Waals surface area contributed by atoms with E-state index in [-0.39, 0.29) is 16.1 Å². The largest absolute Gasteiger partial charge is 0.451 e. The van der Waals surface area contributed by atoms with Gasteiger partial charge in [-0.3, -0.25) is 19.3 Å². The first-order valence-electron chi connectivity index (χ1n) is 10.9. The van der Waals surface area contributed by atoms with Crippen molar-refractivity contribution in [3.63, 3.8) is 0 Å². The molecule has 1 heterocycles. The van der Waals surface area contributed by atoms with Crippen molar-refractivity contribution in [3.8, 4) is 0 Å². The van der Waals surface area contributed by atoms with Crippen LogP contribution < -0.4 is 10.6 Å². The maximum absolute atomic E-state index is 13.0. The SMILES string of the molecule is C[C@H](OC(=O)CN1C(=O)NC2(CCC(C(C)(C)C)CC2)C1=O)C(=O)Nc1cc(Cl)ccc1Cl. The minimum absolute atomic E-state index is 0.128. The second-order valence-electron chi connectivity index (χ2n) is 9.79. The lowest BCUT2D eigenvalue weighted by molar-refractivity contribution is -0.155. The summed E-state index contributed by atoms with van der Waals surface area (Å²) in [6, 6.07) is 3.95. The van der Waals surface area contributed by atoms with Gasteiger partial charge in [0.05, 0.1) is 10.7 Å². The van der Waals surface area contributed by atoms with E-state index < -0.39 is 42.0 Å². The molecule has 0 unspecified atom stereocenters. The number of hydrogen-bond donors (Lipinski definition) is 2. The minimum atomic E-state index is -1.18. The maximum atomic E-state index is 13.0. The Morgan fingerprint density at radius 2 is 1.88 bits per heavy atom. The van der Waals surface area contributed by atoms with Crippen LogP contribution in [0.5, 0.6) is 0 Å². The summed E-state index contributed by atoms with van der Waals surface area (Å²) >= 11 is 11.9. The van der Waals surface area contributed by atoms with Crippen LogP contribution in [0.1, 0.15) is 53.4 Å². The molecule has 3 rings (SSSR count). The second kappa shape index (κ2) is 9.50. The number of benzene rings is 1. The summed E-state index contributed by atoms with van der Waals surface area (Å²) in [6.45, 7) is 7.33. The Morgan fingerprint density at radius 3 is 2.48 bits per heavy atom. The molecule has 1 aliphatic heterocycles. The highest BCUT2D eigenvalue weighted by molar-refractivity contribution is 6.35. The second-order valence-corrected chi connectivity index (χ2v) is 10.6. The molecule has 4 amide bonds. The lowest BCUT2D eigenvalue weighted by atomic mass is 9.67. The monoisotopic (exact) mass is 497 g/mol. The van der Waals surface area contributed by atoms with Crippen LogP contribution in [0.4, 0.5) is 10.5 Å². The Labute approximate surface area is 203 Å². The Kier molecular flexibility index (Phi) is 7.29. The minimum Gasteiger partial charge on any atom is -0.451 e. The van der Waals surface area contributed by atoms with Crippen LogP contribution in [0.2, 0.25) is 10.0 Å². The highest BCUT2D eigenvalue weighted by atomic mass is 35.5. The van der Waals surface area contributed by atoms with E-state index in [4.69, 9.17) is 27.9 Å². The van der Waals surface area contributed by atoms with Crippen LogP contribution in [-0.2, 0) is 19.1 Å². The fraction of sp³-hybridized carbons (Fsp3) is 0.565. The number of amides is 4. The van der Waals surface area contributed by atoms with E-state index in [1.165, 1.54) is 19.1 Å². The summed E-state index contributed by atoms with van der Waals surface area (Å²) in [6.07, 6.45) is 1.52. The van der Waals surface area contributed by atoms with E-state index in [9.17, 15) is 19.2 Å². The third kappa shape index (κ3) is 5.61. The van der Waals surface area contributed by atoms with Gasteiger partial charge in [0.2, 0.25) is 0 Å². The Balaban J connectivity index is 1.56. The predicted octanol–water partition coefficient (Wildman–Crippen LogP) is 4.39. The van der Waals surface area contributed by atoms with Crippen molar-refractivity contribution in [1.82, 2.24) is 10.2 Å². The molecule has 0 aromatic heterocycles. The van der Waals surface area contributed by atoms with E-state index in [0.29, 0.717) is 23.8 Å². The summed E-state index contributed by atoms with van der Waals surface area (Å²) in [4.78, 5) is 51.2. The van der Waals surface area contributed by atoms with Crippen molar-refractivity contribution in [2.75, 3.05) is 11.9 Å². The number of urea groups is 1. The average molecular weight is 498 g/mol. The molecule has 2 N–H and O–H groups in total. The number of nitrogens with one attached hydrogen (secondary N) is 2. The van der Waals surface area contributed by atoms with E-state index >= 15 is 0 Å². The van der Waals surface area contributed by atoms with Crippen LogP contribution in [0.25, 0.3) is 0 Å². The van der Waals surface area contributed by atoms with Crippen LogP contribution >= 0.6 is 23.2 Å². The maximum Gasteiger partial charge on any atom is 0.327 e. The third-order valence-corrected chi connectivity index (χ3v) is 7.03.